The molecule has 2 aromatic rings. The SMILES string of the molecule is CCNC(=O)c1noc(-c2cc(C(C)C)c(O)cc2O)c1NC(=O)[C@H]1CC[C@@H](CN2CCOCC2)C1.O=C(O)C(F)(F)F. The Morgan fingerprint density at radius 2 is 1.77 bits per heavy atom. The highest BCUT2D eigenvalue weighted by Gasteiger charge is 2.38. The van der Waals surface area contributed by atoms with Gasteiger partial charge in [-0.05, 0) is 49.7 Å². The molecule has 12 nitrogen and oxygen atoms in total. The number of phenols is 2. The molecule has 1 saturated heterocycles. The fourth-order valence-electron chi connectivity index (χ4n) is 5.08. The van der Waals surface area contributed by atoms with Crippen LogP contribution in [0.1, 0.15) is 62.0 Å². The number of amides is 2. The number of aliphatic carboxylic acids is 1. The zero-order chi connectivity index (χ0) is 31.9. The van der Waals surface area contributed by atoms with Gasteiger partial charge in [0.2, 0.25) is 5.91 Å². The van der Waals surface area contributed by atoms with Crippen LogP contribution in [0.2, 0.25) is 0 Å². The number of morpholine rings is 1. The van der Waals surface area contributed by atoms with E-state index in [0.29, 0.717) is 18.0 Å². The third-order valence-corrected chi connectivity index (χ3v) is 7.28. The van der Waals surface area contributed by atoms with E-state index in [1.807, 2.05) is 13.8 Å². The number of aromatic nitrogens is 1. The fourth-order valence-corrected chi connectivity index (χ4v) is 5.08. The second-order valence-electron chi connectivity index (χ2n) is 10.8. The van der Waals surface area contributed by atoms with Gasteiger partial charge >= 0.3 is 12.1 Å². The molecule has 0 bridgehead atoms. The topological polar surface area (TPSA) is 174 Å². The molecule has 4 rings (SSSR count). The predicted octanol–water partition coefficient (Wildman–Crippen LogP) is 3.95. The summed E-state index contributed by atoms with van der Waals surface area (Å²) in [5.74, 6) is -3.44. The Labute approximate surface area is 246 Å². The molecule has 2 atom stereocenters. The Morgan fingerprint density at radius 3 is 2.35 bits per heavy atom. The number of carboxylic acids is 1. The van der Waals surface area contributed by atoms with E-state index in [1.165, 1.54) is 6.07 Å². The van der Waals surface area contributed by atoms with Gasteiger partial charge in [0.25, 0.3) is 5.91 Å². The average Bonchev–Trinajstić information content (AvgIpc) is 3.56. The Balaban J connectivity index is 0.000000646. The molecule has 0 unspecified atom stereocenters. The maximum atomic E-state index is 13.3. The molecular formula is C28H37F3N4O8. The van der Waals surface area contributed by atoms with E-state index in [1.54, 1.807) is 13.0 Å². The van der Waals surface area contributed by atoms with Crippen molar-refractivity contribution in [3.05, 3.63) is 23.4 Å². The van der Waals surface area contributed by atoms with Gasteiger partial charge in [0.05, 0.1) is 18.8 Å². The number of phenolic OH excluding ortho intramolecular Hbond substituents is 2. The molecule has 2 aliphatic rings. The number of hydrogen-bond donors (Lipinski definition) is 5. The number of carboxylic acid groups (broad SMARTS) is 1. The maximum absolute atomic E-state index is 13.3. The highest BCUT2D eigenvalue weighted by molar-refractivity contribution is 6.06. The fraction of sp³-hybridized carbons (Fsp3) is 0.571. The van der Waals surface area contributed by atoms with E-state index in [9.17, 15) is 33.0 Å². The molecule has 0 spiro atoms. The first-order chi connectivity index (χ1) is 20.2. The third kappa shape index (κ3) is 8.83. The second-order valence-corrected chi connectivity index (χ2v) is 10.8. The molecule has 2 amide bonds. The summed E-state index contributed by atoms with van der Waals surface area (Å²) in [6, 6.07) is 2.83. The molecule has 2 heterocycles. The van der Waals surface area contributed by atoms with E-state index < -0.39 is 18.1 Å². The van der Waals surface area contributed by atoms with Crippen LogP contribution in [-0.4, -0.2) is 88.7 Å². The maximum Gasteiger partial charge on any atom is 0.490 e. The first kappa shape index (κ1) is 33.6. The molecule has 1 aromatic carbocycles. The average molecular weight is 615 g/mol. The molecule has 15 heteroatoms. The van der Waals surface area contributed by atoms with E-state index in [0.717, 1.165) is 52.1 Å². The van der Waals surface area contributed by atoms with Crippen LogP contribution in [0.3, 0.4) is 0 Å². The molecule has 0 radical (unpaired) electrons. The first-order valence-corrected chi connectivity index (χ1v) is 14.0. The summed E-state index contributed by atoms with van der Waals surface area (Å²) in [6.45, 7) is 10.3. The lowest BCUT2D eigenvalue weighted by Crippen LogP contribution is -2.39. The van der Waals surface area contributed by atoms with E-state index in [-0.39, 0.29) is 51.9 Å². The molecule has 1 aliphatic heterocycles. The van der Waals surface area contributed by atoms with E-state index >= 15 is 0 Å². The molecule has 43 heavy (non-hydrogen) atoms. The van der Waals surface area contributed by atoms with Crippen LogP contribution >= 0.6 is 0 Å². The van der Waals surface area contributed by atoms with Crippen molar-refractivity contribution in [2.24, 2.45) is 11.8 Å². The Bertz CT molecular complexity index is 1290. The summed E-state index contributed by atoms with van der Waals surface area (Å²) >= 11 is 0. The van der Waals surface area contributed by atoms with Crippen molar-refractivity contribution in [3.8, 4) is 22.8 Å². The summed E-state index contributed by atoms with van der Waals surface area (Å²) in [7, 11) is 0. The van der Waals surface area contributed by atoms with Crippen molar-refractivity contribution in [2.75, 3.05) is 44.7 Å². The van der Waals surface area contributed by atoms with E-state index in [2.05, 4.69) is 20.7 Å². The van der Waals surface area contributed by atoms with Gasteiger partial charge in [0, 0.05) is 38.2 Å². The van der Waals surface area contributed by atoms with Crippen molar-refractivity contribution in [2.45, 2.75) is 52.1 Å². The normalized spacial score (nSPS) is 19.0. The number of nitrogens with zero attached hydrogens (tertiary/aromatic N) is 2. The zero-order valence-corrected chi connectivity index (χ0v) is 24.2. The van der Waals surface area contributed by atoms with Crippen LogP contribution in [0.4, 0.5) is 18.9 Å². The summed E-state index contributed by atoms with van der Waals surface area (Å²) in [6.07, 6.45) is -2.59. The lowest BCUT2D eigenvalue weighted by atomic mass is 9.97. The van der Waals surface area contributed by atoms with Crippen molar-refractivity contribution >= 4 is 23.5 Å². The van der Waals surface area contributed by atoms with Gasteiger partial charge < -0.3 is 35.2 Å². The Hall–Kier alpha value is -3.85. The minimum absolute atomic E-state index is 0.0324. The number of nitrogens with one attached hydrogen (secondary N) is 2. The van der Waals surface area contributed by atoms with Gasteiger partial charge in [0.1, 0.15) is 17.2 Å². The summed E-state index contributed by atoms with van der Waals surface area (Å²) in [5.41, 5.74) is 0.907. The monoisotopic (exact) mass is 614 g/mol. The molecule has 1 aromatic heterocycles. The van der Waals surface area contributed by atoms with Gasteiger partial charge in [0.15, 0.2) is 11.5 Å². The summed E-state index contributed by atoms with van der Waals surface area (Å²) < 4.78 is 42.7. The number of hydrogen-bond acceptors (Lipinski definition) is 9. The van der Waals surface area contributed by atoms with Crippen LogP contribution in [0.25, 0.3) is 11.3 Å². The zero-order valence-electron chi connectivity index (χ0n) is 24.2. The van der Waals surface area contributed by atoms with Crippen molar-refractivity contribution in [1.29, 1.82) is 0 Å². The van der Waals surface area contributed by atoms with Crippen LogP contribution in [-0.2, 0) is 14.3 Å². The molecule has 238 valence electrons. The molecule has 5 N–H and O–H groups in total. The number of ether oxygens (including phenoxy) is 1. The third-order valence-electron chi connectivity index (χ3n) is 7.28. The minimum atomic E-state index is -5.08. The van der Waals surface area contributed by atoms with Gasteiger partial charge in [-0.15, -0.1) is 0 Å². The first-order valence-electron chi connectivity index (χ1n) is 14.0. The van der Waals surface area contributed by atoms with Gasteiger partial charge in [-0.25, -0.2) is 4.79 Å². The van der Waals surface area contributed by atoms with Crippen molar-refractivity contribution in [3.63, 3.8) is 0 Å². The highest BCUT2D eigenvalue weighted by atomic mass is 19.4. The Kier molecular flexibility index (Phi) is 11.4. The highest BCUT2D eigenvalue weighted by Crippen LogP contribution is 2.42. The molecular weight excluding hydrogens is 577 g/mol. The number of benzene rings is 1. The molecule has 1 saturated carbocycles. The molecule has 1 aliphatic carbocycles. The number of carbonyl (C=O) groups excluding carboxylic acids is 2. The minimum Gasteiger partial charge on any atom is -0.508 e. The molecule has 2 fully saturated rings. The number of rotatable bonds is 8. The number of carbonyl (C=O) groups is 3. The number of anilines is 1. The van der Waals surface area contributed by atoms with Gasteiger partial charge in [-0.2, -0.15) is 13.2 Å². The Morgan fingerprint density at radius 1 is 1.12 bits per heavy atom. The lowest BCUT2D eigenvalue weighted by Gasteiger charge is -2.29. The smallest absolute Gasteiger partial charge is 0.490 e. The number of alkyl halides is 3. The van der Waals surface area contributed by atoms with E-state index in [4.69, 9.17) is 19.2 Å². The van der Waals surface area contributed by atoms with Gasteiger partial charge in [-0.1, -0.05) is 19.0 Å². The predicted molar refractivity (Wildman–Crippen MR) is 148 cm³/mol. The van der Waals surface area contributed by atoms with Crippen LogP contribution in [0.5, 0.6) is 11.5 Å². The summed E-state index contributed by atoms with van der Waals surface area (Å²) in [5, 5.41) is 37.5. The second kappa shape index (κ2) is 14.6. The van der Waals surface area contributed by atoms with Crippen LogP contribution in [0.15, 0.2) is 16.7 Å². The van der Waals surface area contributed by atoms with Crippen LogP contribution in [0, 0.1) is 11.8 Å². The lowest BCUT2D eigenvalue weighted by molar-refractivity contribution is -0.192. The number of aromatic hydroxyl groups is 2. The van der Waals surface area contributed by atoms with Crippen molar-refractivity contribution in [1.82, 2.24) is 15.4 Å². The van der Waals surface area contributed by atoms with Gasteiger partial charge in [-0.3, -0.25) is 14.5 Å². The summed E-state index contributed by atoms with van der Waals surface area (Å²) in [4.78, 5) is 37.3. The standard InChI is InChI=1S/C26H36N4O6.C2HF3O2/c1-4-27-26(34)23-22(24(36-29-23)19-12-18(15(2)3)20(31)13-21(19)32)28-25(33)17-6-5-16(11-17)14-30-7-9-35-10-8-30;3-2(4,5)1(6)7/h12-13,15-17,31-32H,4-11,14H2,1-3H3,(H,27,34)(H,28,33);(H,6,7)/t16-,17+;/m1./s1. The largest absolute Gasteiger partial charge is 0.508 e. The number of halogens is 3. The van der Waals surface area contributed by atoms with Crippen LogP contribution < -0.4 is 10.6 Å². The van der Waals surface area contributed by atoms with Crippen molar-refractivity contribution < 1.29 is 52.1 Å². The quantitative estimate of drug-likeness (QED) is 0.293.